The van der Waals surface area contributed by atoms with Crippen molar-refractivity contribution in [2.75, 3.05) is 30.1 Å². The van der Waals surface area contributed by atoms with E-state index in [-0.39, 0.29) is 5.69 Å². The number of sulfonamides is 1. The highest BCUT2D eigenvalue weighted by Gasteiger charge is 2.31. The Morgan fingerprint density at radius 2 is 1.81 bits per heavy atom. The van der Waals surface area contributed by atoms with Crippen LogP contribution in [0.3, 0.4) is 0 Å². The Labute approximate surface area is 157 Å². The van der Waals surface area contributed by atoms with Crippen LogP contribution in [0.1, 0.15) is 6.92 Å². The molecule has 0 saturated heterocycles. The lowest BCUT2D eigenvalue weighted by Crippen LogP contribution is -2.45. The van der Waals surface area contributed by atoms with Crippen molar-refractivity contribution in [1.29, 1.82) is 0 Å². The van der Waals surface area contributed by atoms with E-state index in [2.05, 4.69) is 5.32 Å². The monoisotopic (exact) mass is 396 g/mol. The summed E-state index contributed by atoms with van der Waals surface area (Å²) in [4.78, 5) is 12.7. The molecule has 0 radical (unpaired) electrons. The van der Waals surface area contributed by atoms with Crippen molar-refractivity contribution in [3.63, 3.8) is 0 Å². The molecule has 0 aliphatic rings. The number of benzene rings is 2. The van der Waals surface area contributed by atoms with Crippen molar-refractivity contribution < 1.29 is 27.1 Å². The van der Waals surface area contributed by atoms with E-state index in [0.29, 0.717) is 17.2 Å². The summed E-state index contributed by atoms with van der Waals surface area (Å²) in [5, 5.41) is 2.61. The molecule has 2 rings (SSSR count). The van der Waals surface area contributed by atoms with Crippen molar-refractivity contribution in [2.45, 2.75) is 13.0 Å². The lowest BCUT2D eigenvalue weighted by atomic mass is 10.2. The zero-order valence-corrected chi connectivity index (χ0v) is 16.2. The van der Waals surface area contributed by atoms with Crippen LogP contribution in [0.4, 0.5) is 15.8 Å². The number of nitrogens with one attached hydrogen (secondary N) is 1. The van der Waals surface area contributed by atoms with Crippen molar-refractivity contribution in [3.8, 4) is 11.5 Å². The summed E-state index contributed by atoms with van der Waals surface area (Å²) >= 11 is 0. The van der Waals surface area contributed by atoms with Crippen molar-refractivity contribution in [2.24, 2.45) is 0 Å². The first-order valence-electron chi connectivity index (χ1n) is 7.96. The van der Waals surface area contributed by atoms with Gasteiger partial charge in [0.2, 0.25) is 15.9 Å². The normalized spacial score (nSPS) is 12.2. The van der Waals surface area contributed by atoms with Crippen LogP contribution in [-0.4, -0.2) is 40.8 Å². The molecule has 0 fully saturated rings. The van der Waals surface area contributed by atoms with Gasteiger partial charge in [-0.2, -0.15) is 0 Å². The molecule has 1 unspecified atom stereocenters. The summed E-state index contributed by atoms with van der Waals surface area (Å²) in [6.07, 6.45) is 0.914. The minimum Gasteiger partial charge on any atom is -0.497 e. The minimum absolute atomic E-state index is 0.204. The molecule has 146 valence electrons. The number of carbonyl (C=O) groups is 1. The summed E-state index contributed by atoms with van der Waals surface area (Å²) in [5.74, 6) is -0.523. The number of hydrogen-bond donors (Lipinski definition) is 1. The van der Waals surface area contributed by atoms with E-state index in [0.717, 1.165) is 16.6 Å². The van der Waals surface area contributed by atoms with Gasteiger partial charge in [0, 0.05) is 6.07 Å². The zero-order chi connectivity index (χ0) is 20.2. The second kappa shape index (κ2) is 8.26. The molecular weight excluding hydrogens is 375 g/mol. The molecule has 0 aliphatic carbocycles. The van der Waals surface area contributed by atoms with Gasteiger partial charge >= 0.3 is 0 Å². The van der Waals surface area contributed by atoms with E-state index in [1.165, 1.54) is 39.3 Å². The molecule has 0 saturated carbocycles. The number of carbonyl (C=O) groups excluding carboxylic acids is 1. The summed E-state index contributed by atoms with van der Waals surface area (Å²) in [5.41, 5.74) is 0.126. The van der Waals surface area contributed by atoms with Gasteiger partial charge in [-0.05, 0) is 31.2 Å². The van der Waals surface area contributed by atoms with Crippen LogP contribution >= 0.6 is 0 Å². The van der Waals surface area contributed by atoms with Gasteiger partial charge in [-0.3, -0.25) is 9.10 Å². The SMILES string of the molecule is COc1ccc(NC(=O)C(C)N(c2ccccc2F)S(C)(=O)=O)c(OC)c1. The largest absolute Gasteiger partial charge is 0.497 e. The molecule has 1 N–H and O–H groups in total. The Hall–Kier alpha value is -2.81. The Bertz CT molecular complexity index is 933. The number of anilines is 2. The van der Waals surface area contributed by atoms with Crippen LogP contribution in [0.25, 0.3) is 0 Å². The molecule has 0 bridgehead atoms. The van der Waals surface area contributed by atoms with Gasteiger partial charge in [-0.1, -0.05) is 12.1 Å². The highest BCUT2D eigenvalue weighted by Crippen LogP contribution is 2.30. The number of amides is 1. The third-order valence-electron chi connectivity index (χ3n) is 3.84. The molecule has 27 heavy (non-hydrogen) atoms. The van der Waals surface area contributed by atoms with Crippen molar-refractivity contribution in [3.05, 3.63) is 48.3 Å². The molecule has 1 atom stereocenters. The summed E-state index contributed by atoms with van der Waals surface area (Å²) < 4.78 is 49.7. The molecule has 2 aromatic carbocycles. The molecule has 0 aliphatic heterocycles. The van der Waals surface area contributed by atoms with Gasteiger partial charge in [0.05, 0.1) is 31.9 Å². The maximum absolute atomic E-state index is 14.2. The second-order valence-corrected chi connectivity index (χ2v) is 7.60. The van der Waals surface area contributed by atoms with E-state index in [9.17, 15) is 17.6 Å². The lowest BCUT2D eigenvalue weighted by Gasteiger charge is -2.28. The third kappa shape index (κ3) is 4.68. The lowest BCUT2D eigenvalue weighted by molar-refractivity contribution is -0.116. The number of nitrogens with zero attached hydrogens (tertiary/aromatic N) is 1. The number of hydrogen-bond acceptors (Lipinski definition) is 5. The van der Waals surface area contributed by atoms with Crippen LogP contribution < -0.4 is 19.1 Å². The van der Waals surface area contributed by atoms with Gasteiger partial charge in [0.1, 0.15) is 23.4 Å². The van der Waals surface area contributed by atoms with Gasteiger partial charge in [0.25, 0.3) is 0 Å². The number of halogens is 1. The minimum atomic E-state index is -3.92. The highest BCUT2D eigenvalue weighted by molar-refractivity contribution is 7.92. The molecule has 0 aromatic heterocycles. The topological polar surface area (TPSA) is 84.9 Å². The standard InChI is InChI=1S/C18H21FN2O5S/c1-12(21(27(4,23)24)16-8-6-5-7-14(16)19)18(22)20-15-10-9-13(25-2)11-17(15)26-3/h5-12H,1-4H3,(H,20,22). The van der Waals surface area contributed by atoms with Crippen LogP contribution in [0.5, 0.6) is 11.5 Å². The van der Waals surface area contributed by atoms with Crippen molar-refractivity contribution >= 4 is 27.3 Å². The molecular formula is C18H21FN2O5S. The fourth-order valence-corrected chi connectivity index (χ4v) is 3.73. The van der Waals surface area contributed by atoms with Crippen LogP contribution in [0.2, 0.25) is 0 Å². The Morgan fingerprint density at radius 3 is 2.37 bits per heavy atom. The highest BCUT2D eigenvalue weighted by atomic mass is 32.2. The fourth-order valence-electron chi connectivity index (χ4n) is 2.55. The summed E-state index contributed by atoms with van der Waals surface area (Å²) in [6, 6.07) is 8.91. The first-order valence-corrected chi connectivity index (χ1v) is 9.80. The predicted molar refractivity (Wildman–Crippen MR) is 101 cm³/mol. The van der Waals surface area contributed by atoms with E-state index in [1.807, 2.05) is 0 Å². The molecule has 2 aromatic rings. The molecule has 7 nitrogen and oxygen atoms in total. The molecule has 0 spiro atoms. The number of rotatable bonds is 7. The van der Waals surface area contributed by atoms with Gasteiger partial charge in [-0.25, -0.2) is 12.8 Å². The molecule has 1 amide bonds. The van der Waals surface area contributed by atoms with Gasteiger partial charge in [0.15, 0.2) is 0 Å². The van der Waals surface area contributed by atoms with E-state index < -0.39 is 27.8 Å². The van der Waals surface area contributed by atoms with Gasteiger partial charge < -0.3 is 14.8 Å². The number of methoxy groups -OCH3 is 2. The summed E-state index contributed by atoms with van der Waals surface area (Å²) in [7, 11) is -1.00. The van der Waals surface area contributed by atoms with E-state index in [4.69, 9.17) is 9.47 Å². The maximum Gasteiger partial charge on any atom is 0.248 e. The van der Waals surface area contributed by atoms with Gasteiger partial charge in [-0.15, -0.1) is 0 Å². The Balaban J connectivity index is 2.35. The first-order chi connectivity index (χ1) is 12.7. The van der Waals surface area contributed by atoms with Crippen LogP contribution in [0, 0.1) is 5.82 Å². The van der Waals surface area contributed by atoms with Crippen LogP contribution in [0.15, 0.2) is 42.5 Å². The quantitative estimate of drug-likeness (QED) is 0.778. The molecule has 9 heteroatoms. The zero-order valence-electron chi connectivity index (χ0n) is 15.4. The second-order valence-electron chi connectivity index (χ2n) is 5.74. The Morgan fingerprint density at radius 1 is 1.15 bits per heavy atom. The fraction of sp³-hybridized carbons (Fsp3) is 0.278. The molecule has 0 heterocycles. The smallest absolute Gasteiger partial charge is 0.248 e. The third-order valence-corrected chi connectivity index (χ3v) is 5.07. The van der Waals surface area contributed by atoms with E-state index in [1.54, 1.807) is 18.2 Å². The average molecular weight is 396 g/mol. The average Bonchev–Trinajstić information content (AvgIpc) is 2.62. The summed E-state index contributed by atoms with van der Waals surface area (Å²) in [6.45, 7) is 1.37. The number of para-hydroxylation sites is 1. The van der Waals surface area contributed by atoms with E-state index >= 15 is 0 Å². The maximum atomic E-state index is 14.2. The van der Waals surface area contributed by atoms with Crippen LogP contribution in [-0.2, 0) is 14.8 Å². The first kappa shape index (κ1) is 20.5. The number of ether oxygens (including phenoxy) is 2. The van der Waals surface area contributed by atoms with Crippen molar-refractivity contribution in [1.82, 2.24) is 0 Å². The Kier molecular flexibility index (Phi) is 6.27. The predicted octanol–water partition coefficient (Wildman–Crippen LogP) is 2.64.